The molecule has 2 rings (SSSR count). The Kier molecular flexibility index (Phi) is 2.73. The second kappa shape index (κ2) is 4.35. The summed E-state index contributed by atoms with van der Waals surface area (Å²) in [6.45, 7) is 0. The first-order valence-electron chi connectivity index (χ1n) is 4.54. The zero-order valence-electron chi connectivity index (χ0n) is 8.29. The number of rotatable bonds is 2. The highest BCUT2D eigenvalue weighted by molar-refractivity contribution is 6.03. The molecule has 0 aliphatic rings. The summed E-state index contributed by atoms with van der Waals surface area (Å²) in [4.78, 5) is 23.2. The van der Waals surface area contributed by atoms with Gasteiger partial charge in [0.1, 0.15) is 5.82 Å². The molecule has 3 N–H and O–H groups in total. The van der Waals surface area contributed by atoms with Gasteiger partial charge in [-0.15, -0.1) is 0 Å². The third-order valence-electron chi connectivity index (χ3n) is 1.85. The minimum atomic E-state index is -0.298. The lowest BCUT2D eigenvalue weighted by molar-refractivity contribution is 0.102. The predicted molar refractivity (Wildman–Crippen MR) is 58.6 cm³/mol. The fourth-order valence-electron chi connectivity index (χ4n) is 1.09. The molecule has 0 aromatic carbocycles. The summed E-state index contributed by atoms with van der Waals surface area (Å²) in [5, 5.41) is 2.58. The van der Waals surface area contributed by atoms with E-state index < -0.39 is 0 Å². The van der Waals surface area contributed by atoms with Crippen molar-refractivity contribution in [2.75, 3.05) is 11.1 Å². The lowest BCUT2D eigenvalue weighted by atomic mass is 10.2. The van der Waals surface area contributed by atoms with E-state index in [1.165, 1.54) is 24.8 Å². The fraction of sp³-hybridized carbons (Fsp3) is 0. The third kappa shape index (κ3) is 2.30. The Morgan fingerprint density at radius 1 is 1.19 bits per heavy atom. The van der Waals surface area contributed by atoms with Crippen LogP contribution in [0.3, 0.4) is 0 Å². The molecule has 0 unspecified atom stereocenters. The Hall–Kier alpha value is -2.50. The average molecular weight is 215 g/mol. The number of nitrogens with zero attached hydrogens (tertiary/aromatic N) is 3. The minimum absolute atomic E-state index is 0.298. The first-order chi connectivity index (χ1) is 7.75. The maximum absolute atomic E-state index is 11.7. The van der Waals surface area contributed by atoms with Gasteiger partial charge in [-0.1, -0.05) is 0 Å². The Morgan fingerprint density at radius 3 is 2.69 bits per heavy atom. The zero-order valence-corrected chi connectivity index (χ0v) is 8.29. The molecule has 0 radical (unpaired) electrons. The largest absolute Gasteiger partial charge is 0.384 e. The average Bonchev–Trinajstić information content (AvgIpc) is 2.31. The van der Waals surface area contributed by atoms with Gasteiger partial charge < -0.3 is 11.1 Å². The molecule has 0 spiro atoms. The molecule has 2 aromatic rings. The Bertz CT molecular complexity index is 482. The number of amides is 1. The molecule has 0 saturated heterocycles. The number of nitrogens with two attached hydrogens (primary N) is 1. The van der Waals surface area contributed by atoms with Crippen molar-refractivity contribution in [3.63, 3.8) is 0 Å². The topological polar surface area (TPSA) is 93.8 Å². The molecule has 0 fully saturated rings. The number of nitrogens with one attached hydrogen (secondary N) is 1. The summed E-state index contributed by atoms with van der Waals surface area (Å²) in [6, 6.07) is 3.15. The van der Waals surface area contributed by atoms with Crippen LogP contribution in [-0.2, 0) is 0 Å². The van der Waals surface area contributed by atoms with Crippen LogP contribution in [0.1, 0.15) is 10.4 Å². The second-order valence-corrected chi connectivity index (χ2v) is 3.02. The van der Waals surface area contributed by atoms with Crippen LogP contribution >= 0.6 is 0 Å². The molecule has 0 aliphatic carbocycles. The van der Waals surface area contributed by atoms with Crippen LogP contribution in [0.25, 0.3) is 0 Å². The van der Waals surface area contributed by atoms with E-state index >= 15 is 0 Å². The monoisotopic (exact) mass is 215 g/mol. The fourth-order valence-corrected chi connectivity index (χ4v) is 1.09. The number of carbonyl (C=O) groups is 1. The quantitative estimate of drug-likeness (QED) is 0.769. The van der Waals surface area contributed by atoms with Gasteiger partial charge in [0.2, 0.25) is 0 Å². The smallest absolute Gasteiger partial charge is 0.258 e. The van der Waals surface area contributed by atoms with Crippen LogP contribution in [-0.4, -0.2) is 20.9 Å². The molecule has 80 valence electrons. The van der Waals surface area contributed by atoms with Crippen molar-refractivity contribution in [3.05, 3.63) is 42.5 Å². The summed E-state index contributed by atoms with van der Waals surface area (Å²) in [7, 11) is 0. The minimum Gasteiger partial charge on any atom is -0.384 e. The van der Waals surface area contributed by atoms with E-state index in [0.29, 0.717) is 17.2 Å². The van der Waals surface area contributed by atoms with Gasteiger partial charge in [0.15, 0.2) is 5.82 Å². The van der Waals surface area contributed by atoms with Gasteiger partial charge >= 0.3 is 0 Å². The molecule has 1 amide bonds. The van der Waals surface area contributed by atoms with Gasteiger partial charge in [-0.2, -0.15) is 0 Å². The Balaban J connectivity index is 2.12. The summed E-state index contributed by atoms with van der Waals surface area (Å²) in [5.74, 6) is 0.466. The predicted octanol–water partition coefficient (Wildman–Crippen LogP) is 0.706. The molecule has 0 saturated carbocycles. The van der Waals surface area contributed by atoms with Crippen LogP contribution in [0, 0.1) is 0 Å². The van der Waals surface area contributed by atoms with Crippen molar-refractivity contribution in [1.29, 1.82) is 0 Å². The van der Waals surface area contributed by atoms with E-state index in [4.69, 9.17) is 5.73 Å². The third-order valence-corrected chi connectivity index (χ3v) is 1.85. The van der Waals surface area contributed by atoms with E-state index in [1.807, 2.05) is 0 Å². The number of aromatic nitrogens is 3. The van der Waals surface area contributed by atoms with Gasteiger partial charge in [-0.3, -0.25) is 9.78 Å². The van der Waals surface area contributed by atoms with Gasteiger partial charge in [0, 0.05) is 18.6 Å². The first-order valence-corrected chi connectivity index (χ1v) is 4.54. The highest BCUT2D eigenvalue weighted by Gasteiger charge is 2.06. The molecule has 6 heteroatoms. The second-order valence-electron chi connectivity index (χ2n) is 3.02. The molecular formula is C10H9N5O. The highest BCUT2D eigenvalue weighted by atomic mass is 16.1. The standard InChI is InChI=1S/C10H9N5O/c11-8-2-1-7(5-14-8)10(16)15-9-6-12-3-4-13-9/h1-6H,(H2,11,14)(H,13,15,16). The maximum atomic E-state index is 11.7. The summed E-state index contributed by atoms with van der Waals surface area (Å²) in [5.41, 5.74) is 5.83. The van der Waals surface area contributed by atoms with Gasteiger partial charge in [-0.05, 0) is 12.1 Å². The summed E-state index contributed by atoms with van der Waals surface area (Å²) >= 11 is 0. The van der Waals surface area contributed by atoms with E-state index in [9.17, 15) is 4.79 Å². The van der Waals surface area contributed by atoms with Crippen LogP contribution in [0.4, 0.5) is 11.6 Å². The van der Waals surface area contributed by atoms with E-state index in [1.54, 1.807) is 12.1 Å². The number of carbonyl (C=O) groups excluding carboxylic acids is 1. The zero-order chi connectivity index (χ0) is 11.4. The van der Waals surface area contributed by atoms with Gasteiger partial charge in [-0.25, -0.2) is 9.97 Å². The van der Waals surface area contributed by atoms with E-state index in [-0.39, 0.29) is 5.91 Å². The van der Waals surface area contributed by atoms with Crippen molar-refractivity contribution in [3.8, 4) is 0 Å². The van der Waals surface area contributed by atoms with Crippen LogP contribution in [0.5, 0.6) is 0 Å². The van der Waals surface area contributed by atoms with Gasteiger partial charge in [0.25, 0.3) is 5.91 Å². The van der Waals surface area contributed by atoms with Crippen LogP contribution < -0.4 is 11.1 Å². The Labute approximate surface area is 91.6 Å². The van der Waals surface area contributed by atoms with Crippen molar-refractivity contribution >= 4 is 17.5 Å². The van der Waals surface area contributed by atoms with Crippen molar-refractivity contribution in [2.24, 2.45) is 0 Å². The number of hydrogen-bond acceptors (Lipinski definition) is 5. The van der Waals surface area contributed by atoms with E-state index in [0.717, 1.165) is 0 Å². The van der Waals surface area contributed by atoms with Crippen molar-refractivity contribution in [2.45, 2.75) is 0 Å². The number of nitrogen functional groups attached to an aromatic ring is 1. The molecule has 0 bridgehead atoms. The van der Waals surface area contributed by atoms with Crippen molar-refractivity contribution < 1.29 is 4.79 Å². The van der Waals surface area contributed by atoms with Gasteiger partial charge in [0.05, 0.1) is 11.8 Å². The molecule has 2 aromatic heterocycles. The van der Waals surface area contributed by atoms with Crippen LogP contribution in [0.15, 0.2) is 36.9 Å². The molecular weight excluding hydrogens is 206 g/mol. The number of pyridine rings is 1. The Morgan fingerprint density at radius 2 is 2.06 bits per heavy atom. The number of hydrogen-bond donors (Lipinski definition) is 2. The van der Waals surface area contributed by atoms with Crippen molar-refractivity contribution in [1.82, 2.24) is 15.0 Å². The lowest BCUT2D eigenvalue weighted by Crippen LogP contribution is -2.13. The normalized spacial score (nSPS) is 9.75. The number of anilines is 2. The highest BCUT2D eigenvalue weighted by Crippen LogP contribution is 2.05. The summed E-state index contributed by atoms with van der Waals surface area (Å²) in [6.07, 6.45) is 5.89. The van der Waals surface area contributed by atoms with E-state index in [2.05, 4.69) is 20.3 Å². The first kappa shape index (κ1) is 10.0. The molecule has 2 heterocycles. The SMILES string of the molecule is Nc1ccc(C(=O)Nc2cnccn2)cn1. The maximum Gasteiger partial charge on any atom is 0.258 e. The van der Waals surface area contributed by atoms with Crippen LogP contribution in [0.2, 0.25) is 0 Å². The molecule has 0 atom stereocenters. The molecule has 6 nitrogen and oxygen atoms in total. The molecule has 16 heavy (non-hydrogen) atoms. The summed E-state index contributed by atoms with van der Waals surface area (Å²) < 4.78 is 0. The lowest BCUT2D eigenvalue weighted by Gasteiger charge is -2.02. The molecule has 0 aliphatic heterocycles.